The van der Waals surface area contributed by atoms with Gasteiger partial charge in [0.05, 0.1) is 5.56 Å². The van der Waals surface area contributed by atoms with Gasteiger partial charge in [0, 0.05) is 10.2 Å². The summed E-state index contributed by atoms with van der Waals surface area (Å²) in [6.45, 7) is -0.755. The first-order valence-corrected chi connectivity index (χ1v) is 11.4. The monoisotopic (exact) mass is 539 g/mol. The van der Waals surface area contributed by atoms with E-state index in [2.05, 4.69) is 26.6 Å². The minimum Gasteiger partial charge on any atom is -0.362 e. The molecule has 3 rings (SSSR count). The Morgan fingerprint density at radius 3 is 2.31 bits per heavy atom. The fraction of sp³-hybridized carbons (Fsp3) is 0.176. The van der Waals surface area contributed by atoms with Crippen molar-refractivity contribution in [2.75, 3.05) is 11.9 Å². The molecule has 0 saturated heterocycles. The molecule has 0 saturated carbocycles. The van der Waals surface area contributed by atoms with Crippen molar-refractivity contribution in [1.82, 2.24) is 9.62 Å². The molecule has 12 heteroatoms. The molecule has 0 radical (unpaired) electrons. The average molecular weight is 542 g/mol. The number of carbonyl (C=O) groups is 2. The van der Waals surface area contributed by atoms with Gasteiger partial charge in [-0.2, -0.15) is 0 Å². The van der Waals surface area contributed by atoms with Crippen molar-refractivity contribution in [3.05, 3.63) is 58.6 Å². The summed E-state index contributed by atoms with van der Waals surface area (Å²) in [6.07, 6.45) is -1.19. The summed E-state index contributed by atoms with van der Waals surface area (Å²) in [5.74, 6) is -1.61. The van der Waals surface area contributed by atoms with E-state index < -0.39 is 38.3 Å². The molecule has 2 aromatic rings. The maximum Gasteiger partial charge on any atom is 0.269 e. The molecule has 0 aromatic heterocycles. The quantitative estimate of drug-likeness (QED) is 0.446. The molecular weight excluding hydrogens is 529 g/mol. The summed E-state index contributed by atoms with van der Waals surface area (Å²) >= 11 is 21.1. The molecule has 1 aliphatic rings. The number of amides is 2. The second-order valence-electron chi connectivity index (χ2n) is 6.01. The second-order valence-corrected chi connectivity index (χ2v) is 11.1. The van der Waals surface area contributed by atoms with Gasteiger partial charge < -0.3 is 10.6 Å². The number of hydrogen-bond donors (Lipinski definition) is 2. The van der Waals surface area contributed by atoms with Crippen molar-refractivity contribution in [3.8, 4) is 0 Å². The Labute approximate surface area is 190 Å². The predicted molar refractivity (Wildman–Crippen MR) is 115 cm³/mol. The molecule has 154 valence electrons. The number of alkyl halides is 3. The smallest absolute Gasteiger partial charge is 0.269 e. The highest BCUT2D eigenvalue weighted by Gasteiger charge is 2.42. The van der Waals surface area contributed by atoms with Crippen molar-refractivity contribution >= 4 is 78.3 Å². The van der Waals surface area contributed by atoms with Crippen LogP contribution in [0.25, 0.3) is 0 Å². The lowest BCUT2D eigenvalue weighted by Gasteiger charge is -2.28. The minimum absolute atomic E-state index is 0.00575. The largest absolute Gasteiger partial charge is 0.362 e. The molecule has 1 atom stereocenters. The zero-order valence-electron chi connectivity index (χ0n) is 14.4. The van der Waals surface area contributed by atoms with E-state index in [0.29, 0.717) is 9.99 Å². The molecule has 0 aliphatic carbocycles. The fourth-order valence-corrected chi connectivity index (χ4v) is 4.75. The molecule has 0 bridgehead atoms. The lowest BCUT2D eigenvalue weighted by Crippen LogP contribution is -2.52. The van der Waals surface area contributed by atoms with Gasteiger partial charge in [-0.15, -0.1) is 0 Å². The summed E-state index contributed by atoms with van der Waals surface area (Å²) < 4.78 is 24.5. The number of sulfonamides is 1. The van der Waals surface area contributed by atoms with Gasteiger partial charge in [-0.3, -0.25) is 9.59 Å². The Kier molecular flexibility index (Phi) is 6.35. The summed E-state index contributed by atoms with van der Waals surface area (Å²) in [5, 5.41) is 5.27. The standard InChI is InChI=1S/C17H13BrCl3N3O4S/c18-10-5-7-11(8-6-10)22-16(17(19,20)21)23-14(25)9-24-15(26)12-3-1-2-4-13(12)29(24,27)28/h1-8,16,22H,9H2,(H,23,25)/t16-/m1/s1. The second kappa shape index (κ2) is 8.31. The van der Waals surface area contributed by atoms with Gasteiger partial charge in [-0.05, 0) is 36.4 Å². The van der Waals surface area contributed by atoms with Gasteiger partial charge in [-0.25, -0.2) is 12.7 Å². The summed E-state index contributed by atoms with van der Waals surface area (Å²) in [5.41, 5.74) is 0.549. The number of anilines is 1. The highest BCUT2D eigenvalue weighted by Crippen LogP contribution is 2.32. The molecule has 2 N–H and O–H groups in total. The fourth-order valence-electron chi connectivity index (χ4n) is 2.64. The van der Waals surface area contributed by atoms with E-state index >= 15 is 0 Å². The number of rotatable bonds is 5. The molecule has 0 spiro atoms. The van der Waals surface area contributed by atoms with Crippen molar-refractivity contribution in [2.45, 2.75) is 14.9 Å². The van der Waals surface area contributed by atoms with E-state index in [1.807, 2.05) is 0 Å². The summed E-state index contributed by atoms with van der Waals surface area (Å²) in [6, 6.07) is 12.6. The van der Waals surface area contributed by atoms with Crippen LogP contribution in [0.1, 0.15) is 10.4 Å². The maximum absolute atomic E-state index is 12.6. The highest BCUT2D eigenvalue weighted by atomic mass is 79.9. The van der Waals surface area contributed by atoms with E-state index in [-0.39, 0.29) is 10.5 Å². The van der Waals surface area contributed by atoms with Gasteiger partial charge in [-0.1, -0.05) is 62.9 Å². The topological polar surface area (TPSA) is 95.6 Å². The van der Waals surface area contributed by atoms with E-state index in [0.717, 1.165) is 4.47 Å². The van der Waals surface area contributed by atoms with Crippen LogP contribution >= 0.6 is 50.7 Å². The Morgan fingerprint density at radius 1 is 1.10 bits per heavy atom. The van der Waals surface area contributed by atoms with Crippen LogP contribution in [0, 0.1) is 0 Å². The Morgan fingerprint density at radius 2 is 1.72 bits per heavy atom. The number of nitrogens with one attached hydrogen (secondary N) is 2. The van der Waals surface area contributed by atoms with Crippen molar-refractivity contribution in [1.29, 1.82) is 0 Å². The van der Waals surface area contributed by atoms with Crippen LogP contribution in [0.4, 0.5) is 5.69 Å². The molecule has 0 fully saturated rings. The van der Waals surface area contributed by atoms with E-state index in [4.69, 9.17) is 34.8 Å². The number of fused-ring (bicyclic) bond motifs is 1. The number of halogens is 4. The predicted octanol–water partition coefficient (Wildman–Crippen LogP) is 3.52. The molecule has 0 unspecified atom stereocenters. The van der Waals surface area contributed by atoms with Crippen LogP contribution in [0.5, 0.6) is 0 Å². The summed E-state index contributed by atoms with van der Waals surface area (Å²) in [7, 11) is -4.13. The van der Waals surface area contributed by atoms with E-state index in [1.54, 1.807) is 24.3 Å². The molecule has 7 nitrogen and oxygen atoms in total. The third-order valence-corrected chi connectivity index (χ3v) is 6.96. The van der Waals surface area contributed by atoms with Gasteiger partial charge in [0.1, 0.15) is 17.6 Å². The van der Waals surface area contributed by atoms with Gasteiger partial charge in [0.25, 0.3) is 15.9 Å². The van der Waals surface area contributed by atoms with Crippen LogP contribution in [0.15, 0.2) is 57.9 Å². The van der Waals surface area contributed by atoms with Crippen molar-refractivity contribution < 1.29 is 18.0 Å². The number of carbonyl (C=O) groups excluding carboxylic acids is 2. The third kappa shape index (κ3) is 4.80. The molecule has 2 amide bonds. The Balaban J connectivity index is 1.76. The highest BCUT2D eigenvalue weighted by molar-refractivity contribution is 9.10. The number of hydrogen-bond acceptors (Lipinski definition) is 5. The average Bonchev–Trinajstić information content (AvgIpc) is 2.83. The van der Waals surface area contributed by atoms with Gasteiger partial charge in [0.15, 0.2) is 0 Å². The van der Waals surface area contributed by atoms with Crippen LogP contribution in [0.2, 0.25) is 0 Å². The number of benzene rings is 2. The molecular formula is C17H13BrCl3N3O4S. The van der Waals surface area contributed by atoms with Crippen LogP contribution in [-0.2, 0) is 14.8 Å². The minimum atomic E-state index is -4.13. The van der Waals surface area contributed by atoms with Crippen molar-refractivity contribution in [2.24, 2.45) is 0 Å². The Hall–Kier alpha value is -1.52. The zero-order valence-corrected chi connectivity index (χ0v) is 19.1. The molecule has 1 aliphatic heterocycles. The maximum atomic E-state index is 12.6. The third-order valence-electron chi connectivity index (χ3n) is 3.99. The van der Waals surface area contributed by atoms with E-state index in [1.165, 1.54) is 24.3 Å². The van der Waals surface area contributed by atoms with Crippen molar-refractivity contribution in [3.63, 3.8) is 0 Å². The lowest BCUT2D eigenvalue weighted by atomic mass is 10.2. The first-order valence-electron chi connectivity index (χ1n) is 8.04. The van der Waals surface area contributed by atoms with Crippen LogP contribution in [-0.4, -0.2) is 41.0 Å². The summed E-state index contributed by atoms with van der Waals surface area (Å²) in [4.78, 5) is 24.8. The first-order chi connectivity index (χ1) is 13.5. The normalized spacial score (nSPS) is 16.3. The zero-order chi connectivity index (χ0) is 21.4. The van der Waals surface area contributed by atoms with Crippen LogP contribution in [0.3, 0.4) is 0 Å². The first kappa shape index (κ1) is 22.2. The van der Waals surface area contributed by atoms with Gasteiger partial charge in [0.2, 0.25) is 9.70 Å². The molecule has 29 heavy (non-hydrogen) atoms. The Bertz CT molecular complexity index is 1060. The molecule has 2 aromatic carbocycles. The number of nitrogens with zero attached hydrogens (tertiary/aromatic N) is 1. The lowest BCUT2D eigenvalue weighted by molar-refractivity contribution is -0.121. The molecule has 1 heterocycles. The van der Waals surface area contributed by atoms with E-state index in [9.17, 15) is 18.0 Å². The SMILES string of the molecule is O=C(CN1C(=O)c2ccccc2S1(=O)=O)N[C@@H](Nc1ccc(Br)cc1)C(Cl)(Cl)Cl. The van der Waals surface area contributed by atoms with Gasteiger partial charge >= 0.3 is 0 Å². The van der Waals surface area contributed by atoms with Crippen LogP contribution < -0.4 is 10.6 Å².